The molecule has 0 unspecified atom stereocenters. The van der Waals surface area contributed by atoms with E-state index in [-0.39, 0.29) is 5.56 Å². The molecule has 3 fully saturated rings. The number of pyridine rings is 1. The maximum absolute atomic E-state index is 11.4. The van der Waals surface area contributed by atoms with E-state index in [4.69, 9.17) is 5.73 Å². The third kappa shape index (κ3) is 2.35. The number of piperidine rings is 3. The lowest BCUT2D eigenvalue weighted by molar-refractivity contribution is 0.0968. The van der Waals surface area contributed by atoms with Crippen LogP contribution in [0.5, 0.6) is 0 Å². The highest BCUT2D eigenvalue weighted by molar-refractivity contribution is 5.98. The summed E-state index contributed by atoms with van der Waals surface area (Å²) in [6, 6.07) is 1.71. The Kier molecular flexibility index (Phi) is 3.02. The van der Waals surface area contributed by atoms with Crippen LogP contribution in [0.1, 0.15) is 23.2 Å². The molecule has 2 bridgehead atoms. The van der Waals surface area contributed by atoms with Crippen molar-refractivity contribution >= 4 is 11.6 Å². The molecule has 0 aliphatic carbocycles. The first-order chi connectivity index (χ1) is 9.13. The number of hydrogen-bond donors (Lipinski definition) is 3. The molecule has 102 valence electrons. The molecule has 19 heavy (non-hydrogen) atoms. The van der Waals surface area contributed by atoms with Crippen LogP contribution in [0.4, 0.5) is 5.69 Å². The molecular weight excluding hydrogens is 244 g/mol. The number of anilines is 1. The minimum atomic E-state index is -0.528. The zero-order valence-corrected chi connectivity index (χ0v) is 10.7. The van der Waals surface area contributed by atoms with Crippen LogP contribution >= 0.6 is 0 Å². The number of hydrogen-bond acceptors (Lipinski definition) is 4. The van der Waals surface area contributed by atoms with Crippen LogP contribution in [-0.4, -0.2) is 41.5 Å². The van der Waals surface area contributed by atoms with Crippen molar-refractivity contribution in [3.05, 3.63) is 28.2 Å². The van der Waals surface area contributed by atoms with E-state index in [2.05, 4.69) is 15.2 Å². The number of nitrogens with two attached hydrogens (primary N) is 1. The molecule has 3 saturated heterocycles. The molecule has 0 spiro atoms. The number of primary amides is 1. The summed E-state index contributed by atoms with van der Waals surface area (Å²) in [4.78, 5) is 27.7. The van der Waals surface area contributed by atoms with Crippen molar-refractivity contribution in [2.75, 3.05) is 25.0 Å². The van der Waals surface area contributed by atoms with Crippen LogP contribution in [0, 0.1) is 5.92 Å². The van der Waals surface area contributed by atoms with Crippen LogP contribution in [0.2, 0.25) is 0 Å². The molecule has 1 atom stereocenters. The van der Waals surface area contributed by atoms with Gasteiger partial charge in [-0.3, -0.25) is 9.59 Å². The molecule has 0 saturated carbocycles. The second kappa shape index (κ2) is 4.70. The van der Waals surface area contributed by atoms with E-state index in [1.54, 1.807) is 0 Å². The Morgan fingerprint density at radius 3 is 2.74 bits per heavy atom. The summed E-state index contributed by atoms with van der Waals surface area (Å²) in [6.07, 6.45) is 3.73. The average molecular weight is 262 g/mol. The fourth-order valence-corrected chi connectivity index (χ4v) is 3.12. The molecule has 4 rings (SSSR count). The predicted molar refractivity (Wildman–Crippen MR) is 72.2 cm³/mol. The van der Waals surface area contributed by atoms with Crippen LogP contribution in [0.3, 0.4) is 0 Å². The molecule has 1 amide bonds. The number of carbonyl (C=O) groups is 1. The molecule has 6 heteroatoms. The van der Waals surface area contributed by atoms with Gasteiger partial charge in [0.25, 0.3) is 5.91 Å². The molecule has 3 aliphatic heterocycles. The minimum Gasteiger partial charge on any atom is -0.380 e. The fraction of sp³-hybridized carbons (Fsp3) is 0.538. The van der Waals surface area contributed by atoms with Crippen LogP contribution in [-0.2, 0) is 0 Å². The second-order valence-electron chi connectivity index (χ2n) is 5.38. The SMILES string of the molecule is NC(=O)c1c[nH]c(=O)cc1N[C@H]1CN2CCC1CC2. The standard InChI is InChI=1S/C13H18N4O2/c14-13(19)9-6-15-12(18)5-10(9)16-11-7-17-3-1-8(11)2-4-17/h5-6,8,11H,1-4,7H2,(H2,14,19)(H2,15,16,18)/t11-/m0/s1. The number of aromatic nitrogens is 1. The molecule has 1 aromatic rings. The molecule has 4 N–H and O–H groups in total. The van der Waals surface area contributed by atoms with E-state index in [0.717, 1.165) is 19.6 Å². The van der Waals surface area contributed by atoms with Crippen molar-refractivity contribution in [1.29, 1.82) is 0 Å². The number of nitrogens with one attached hydrogen (secondary N) is 2. The zero-order chi connectivity index (χ0) is 13.4. The number of rotatable bonds is 3. The van der Waals surface area contributed by atoms with Crippen molar-refractivity contribution in [2.24, 2.45) is 11.7 Å². The summed E-state index contributed by atoms with van der Waals surface area (Å²) in [5, 5.41) is 3.34. The number of fused-ring (bicyclic) bond motifs is 3. The van der Waals surface area contributed by atoms with Gasteiger partial charge in [-0.15, -0.1) is 0 Å². The van der Waals surface area contributed by atoms with Crippen LogP contribution < -0.4 is 16.6 Å². The first-order valence-electron chi connectivity index (χ1n) is 6.65. The van der Waals surface area contributed by atoms with E-state index in [0.29, 0.717) is 23.2 Å². The molecule has 4 heterocycles. The first-order valence-corrected chi connectivity index (χ1v) is 6.65. The zero-order valence-electron chi connectivity index (χ0n) is 10.7. The first kappa shape index (κ1) is 12.2. The largest absolute Gasteiger partial charge is 0.380 e. The van der Waals surface area contributed by atoms with Gasteiger partial charge in [0.1, 0.15) is 0 Å². The van der Waals surface area contributed by atoms with Gasteiger partial charge in [-0.1, -0.05) is 0 Å². The van der Waals surface area contributed by atoms with Gasteiger partial charge in [-0.2, -0.15) is 0 Å². The summed E-state index contributed by atoms with van der Waals surface area (Å²) in [5.74, 6) is 0.0880. The maximum atomic E-state index is 11.4. The van der Waals surface area contributed by atoms with E-state index in [1.807, 2.05) is 0 Å². The summed E-state index contributed by atoms with van der Waals surface area (Å²) in [5.41, 5.74) is 6.00. The van der Waals surface area contributed by atoms with Gasteiger partial charge in [0.2, 0.25) is 5.56 Å². The van der Waals surface area contributed by atoms with E-state index in [9.17, 15) is 9.59 Å². The number of amides is 1. The van der Waals surface area contributed by atoms with Gasteiger partial charge in [0.15, 0.2) is 0 Å². The quantitative estimate of drug-likeness (QED) is 0.714. The molecule has 3 aliphatic rings. The summed E-state index contributed by atoms with van der Waals surface area (Å²) >= 11 is 0. The second-order valence-corrected chi connectivity index (χ2v) is 5.38. The number of H-pyrrole nitrogens is 1. The predicted octanol–water partition coefficient (Wildman–Crippen LogP) is -0.0201. The Labute approximate surface area is 111 Å². The van der Waals surface area contributed by atoms with Gasteiger partial charge >= 0.3 is 0 Å². The number of nitrogens with zero attached hydrogens (tertiary/aromatic N) is 1. The summed E-state index contributed by atoms with van der Waals surface area (Å²) in [7, 11) is 0. The van der Waals surface area contributed by atoms with Crippen molar-refractivity contribution in [3.8, 4) is 0 Å². The summed E-state index contributed by atoms with van der Waals surface area (Å²) < 4.78 is 0. The van der Waals surface area contributed by atoms with Crippen molar-refractivity contribution in [2.45, 2.75) is 18.9 Å². The van der Waals surface area contributed by atoms with Crippen LogP contribution in [0.15, 0.2) is 17.1 Å². The third-order valence-electron chi connectivity index (χ3n) is 4.19. The third-order valence-corrected chi connectivity index (χ3v) is 4.19. The lowest BCUT2D eigenvalue weighted by atomic mass is 9.84. The number of carbonyl (C=O) groups excluding carboxylic acids is 1. The van der Waals surface area contributed by atoms with Crippen LogP contribution in [0.25, 0.3) is 0 Å². The van der Waals surface area contributed by atoms with Crippen molar-refractivity contribution in [1.82, 2.24) is 9.88 Å². The van der Waals surface area contributed by atoms with E-state index >= 15 is 0 Å². The van der Waals surface area contributed by atoms with E-state index in [1.165, 1.54) is 25.1 Å². The highest BCUT2D eigenvalue weighted by Crippen LogP contribution is 2.30. The maximum Gasteiger partial charge on any atom is 0.252 e. The smallest absolute Gasteiger partial charge is 0.252 e. The minimum absolute atomic E-state index is 0.228. The molecule has 0 radical (unpaired) electrons. The van der Waals surface area contributed by atoms with Gasteiger partial charge in [-0.05, 0) is 31.8 Å². The molecular formula is C13H18N4O2. The van der Waals surface area contributed by atoms with Crippen molar-refractivity contribution < 1.29 is 4.79 Å². The normalized spacial score (nSPS) is 29.2. The average Bonchev–Trinajstić information content (AvgIpc) is 2.40. The van der Waals surface area contributed by atoms with E-state index < -0.39 is 5.91 Å². The lowest BCUT2D eigenvalue weighted by Crippen LogP contribution is -2.53. The Hall–Kier alpha value is -1.82. The van der Waals surface area contributed by atoms with Gasteiger partial charge < -0.3 is 20.9 Å². The number of aromatic amines is 1. The summed E-state index contributed by atoms with van der Waals surface area (Å²) in [6.45, 7) is 3.28. The van der Waals surface area contributed by atoms with Crippen molar-refractivity contribution in [3.63, 3.8) is 0 Å². The Balaban J connectivity index is 1.85. The highest BCUT2D eigenvalue weighted by atomic mass is 16.1. The highest BCUT2D eigenvalue weighted by Gasteiger charge is 2.34. The molecule has 6 nitrogen and oxygen atoms in total. The van der Waals surface area contributed by atoms with Gasteiger partial charge in [0, 0.05) is 24.8 Å². The monoisotopic (exact) mass is 262 g/mol. The van der Waals surface area contributed by atoms with Gasteiger partial charge in [-0.25, -0.2) is 0 Å². The topological polar surface area (TPSA) is 91.2 Å². The lowest BCUT2D eigenvalue weighted by Gasteiger charge is -2.45. The fourth-order valence-electron chi connectivity index (χ4n) is 3.12. The Morgan fingerprint density at radius 2 is 2.16 bits per heavy atom. The Bertz CT molecular complexity index is 546. The Morgan fingerprint density at radius 1 is 1.42 bits per heavy atom. The molecule has 1 aromatic heterocycles. The molecule has 0 aromatic carbocycles. The van der Waals surface area contributed by atoms with Gasteiger partial charge in [0.05, 0.1) is 11.3 Å².